The van der Waals surface area contributed by atoms with Gasteiger partial charge in [-0.1, -0.05) is 0 Å². The van der Waals surface area contributed by atoms with Crippen LogP contribution in [0.15, 0.2) is 29.1 Å². The molecule has 0 amide bonds. The number of H-pyrrole nitrogens is 1. The third kappa shape index (κ3) is 2.03. The molecule has 1 N–H and O–H groups in total. The molecule has 90 valence electrons. The summed E-state index contributed by atoms with van der Waals surface area (Å²) in [6.07, 6.45) is 0. The number of halogens is 1. The number of pyridine rings is 1. The van der Waals surface area contributed by atoms with Crippen molar-refractivity contribution in [2.45, 2.75) is 13.8 Å². The van der Waals surface area contributed by atoms with Crippen molar-refractivity contribution in [1.82, 2.24) is 4.98 Å². The summed E-state index contributed by atoms with van der Waals surface area (Å²) in [5, 5.41) is 8.77. The van der Waals surface area contributed by atoms with Gasteiger partial charge in [-0.2, -0.15) is 5.26 Å². The Balaban J connectivity index is 2.65. The average molecular weight is 242 g/mol. The molecule has 0 saturated carbocycles. The van der Waals surface area contributed by atoms with Gasteiger partial charge in [0.25, 0.3) is 5.56 Å². The van der Waals surface area contributed by atoms with Crippen molar-refractivity contribution in [3.8, 4) is 17.3 Å². The van der Waals surface area contributed by atoms with Crippen LogP contribution in [0.1, 0.15) is 16.7 Å². The zero-order valence-electron chi connectivity index (χ0n) is 10.0. The SMILES string of the molecule is Cc1cc(-c2[nH]c(=O)c(C#N)cc2C)ccc1F. The Hall–Kier alpha value is -2.41. The molecule has 1 aromatic heterocycles. The van der Waals surface area contributed by atoms with Gasteiger partial charge in [-0.15, -0.1) is 0 Å². The topological polar surface area (TPSA) is 56.6 Å². The van der Waals surface area contributed by atoms with Gasteiger partial charge in [0.15, 0.2) is 0 Å². The molecule has 0 unspecified atom stereocenters. The van der Waals surface area contributed by atoms with E-state index >= 15 is 0 Å². The average Bonchev–Trinajstić information content (AvgIpc) is 2.35. The molecule has 18 heavy (non-hydrogen) atoms. The first-order valence-corrected chi connectivity index (χ1v) is 5.43. The number of hydrogen-bond acceptors (Lipinski definition) is 2. The maximum atomic E-state index is 13.2. The summed E-state index contributed by atoms with van der Waals surface area (Å²) in [5.74, 6) is -0.285. The monoisotopic (exact) mass is 242 g/mol. The molecule has 0 atom stereocenters. The number of nitrogens with zero attached hydrogens (tertiary/aromatic N) is 1. The maximum Gasteiger partial charge on any atom is 0.266 e. The quantitative estimate of drug-likeness (QED) is 0.835. The lowest BCUT2D eigenvalue weighted by molar-refractivity contribution is 0.618. The lowest BCUT2D eigenvalue weighted by atomic mass is 10.0. The van der Waals surface area contributed by atoms with Crippen molar-refractivity contribution >= 4 is 0 Å². The van der Waals surface area contributed by atoms with Crippen molar-refractivity contribution in [2.75, 3.05) is 0 Å². The predicted octanol–water partition coefficient (Wildman–Crippen LogP) is 2.67. The summed E-state index contributed by atoms with van der Waals surface area (Å²) >= 11 is 0. The molecule has 0 spiro atoms. The molecule has 4 heteroatoms. The minimum absolute atomic E-state index is 0.0788. The minimum atomic E-state index is -0.430. The molecule has 0 aliphatic heterocycles. The minimum Gasteiger partial charge on any atom is -0.321 e. The van der Waals surface area contributed by atoms with Gasteiger partial charge in [-0.3, -0.25) is 4.79 Å². The Bertz CT molecular complexity index is 711. The van der Waals surface area contributed by atoms with Crippen LogP contribution in [0.4, 0.5) is 4.39 Å². The Morgan fingerprint density at radius 1 is 1.22 bits per heavy atom. The van der Waals surface area contributed by atoms with E-state index in [1.54, 1.807) is 26.0 Å². The largest absolute Gasteiger partial charge is 0.321 e. The summed E-state index contributed by atoms with van der Waals surface area (Å²) < 4.78 is 13.2. The predicted molar refractivity (Wildman–Crippen MR) is 66.6 cm³/mol. The van der Waals surface area contributed by atoms with E-state index < -0.39 is 5.56 Å². The van der Waals surface area contributed by atoms with E-state index in [0.717, 1.165) is 11.1 Å². The first kappa shape index (κ1) is 12.1. The Morgan fingerprint density at radius 2 is 1.94 bits per heavy atom. The highest BCUT2D eigenvalue weighted by Gasteiger charge is 2.08. The third-order valence-corrected chi connectivity index (χ3v) is 2.81. The number of hydrogen-bond donors (Lipinski definition) is 1. The van der Waals surface area contributed by atoms with Gasteiger partial charge in [0.05, 0.1) is 5.69 Å². The fraction of sp³-hybridized carbons (Fsp3) is 0.143. The van der Waals surface area contributed by atoms with Gasteiger partial charge >= 0.3 is 0 Å². The molecule has 0 aliphatic carbocycles. The van der Waals surface area contributed by atoms with Crippen LogP contribution in [-0.4, -0.2) is 4.98 Å². The molecular formula is C14H11FN2O. The van der Waals surface area contributed by atoms with E-state index in [9.17, 15) is 9.18 Å². The van der Waals surface area contributed by atoms with E-state index in [-0.39, 0.29) is 11.4 Å². The van der Waals surface area contributed by atoms with Gasteiger partial charge in [-0.05, 0) is 54.8 Å². The molecule has 2 aromatic rings. The van der Waals surface area contributed by atoms with E-state index in [4.69, 9.17) is 5.26 Å². The van der Waals surface area contributed by atoms with Gasteiger partial charge in [0.1, 0.15) is 17.4 Å². The molecule has 2 rings (SSSR count). The number of rotatable bonds is 1. The van der Waals surface area contributed by atoms with Gasteiger partial charge < -0.3 is 4.98 Å². The molecule has 1 heterocycles. The molecule has 1 aromatic carbocycles. The number of nitrogens with one attached hydrogen (secondary N) is 1. The Kier molecular flexibility index (Phi) is 2.99. The molecule has 0 fully saturated rings. The molecular weight excluding hydrogens is 231 g/mol. The summed E-state index contributed by atoms with van der Waals surface area (Å²) in [7, 11) is 0. The number of benzene rings is 1. The second kappa shape index (κ2) is 4.46. The fourth-order valence-corrected chi connectivity index (χ4v) is 1.82. The van der Waals surface area contributed by atoms with Crippen LogP contribution < -0.4 is 5.56 Å². The Labute approximate surface area is 104 Å². The van der Waals surface area contributed by atoms with Crippen molar-refractivity contribution in [2.24, 2.45) is 0 Å². The van der Waals surface area contributed by atoms with Crippen LogP contribution in [0.3, 0.4) is 0 Å². The number of aryl methyl sites for hydroxylation is 2. The molecule has 3 nitrogen and oxygen atoms in total. The second-order valence-corrected chi connectivity index (χ2v) is 4.15. The highest BCUT2D eigenvalue weighted by molar-refractivity contribution is 5.64. The van der Waals surface area contributed by atoms with Crippen LogP contribution in [0.2, 0.25) is 0 Å². The van der Waals surface area contributed by atoms with Crippen LogP contribution in [0.5, 0.6) is 0 Å². The normalized spacial score (nSPS) is 10.1. The Morgan fingerprint density at radius 3 is 2.56 bits per heavy atom. The first-order valence-electron chi connectivity index (χ1n) is 5.43. The molecule has 0 saturated heterocycles. The smallest absolute Gasteiger partial charge is 0.266 e. The number of aromatic amines is 1. The highest BCUT2D eigenvalue weighted by Crippen LogP contribution is 2.22. The van der Waals surface area contributed by atoms with Crippen LogP contribution >= 0.6 is 0 Å². The van der Waals surface area contributed by atoms with E-state index in [2.05, 4.69) is 4.98 Å². The fourth-order valence-electron chi connectivity index (χ4n) is 1.82. The van der Waals surface area contributed by atoms with Crippen molar-refractivity contribution < 1.29 is 4.39 Å². The van der Waals surface area contributed by atoms with E-state index in [0.29, 0.717) is 11.3 Å². The van der Waals surface area contributed by atoms with Crippen molar-refractivity contribution in [1.29, 1.82) is 5.26 Å². The third-order valence-electron chi connectivity index (χ3n) is 2.81. The van der Waals surface area contributed by atoms with Gasteiger partial charge in [0.2, 0.25) is 0 Å². The number of nitriles is 1. The van der Waals surface area contributed by atoms with E-state index in [1.807, 2.05) is 6.07 Å². The zero-order valence-corrected chi connectivity index (χ0v) is 10.0. The van der Waals surface area contributed by atoms with Gasteiger partial charge in [0, 0.05) is 0 Å². The first-order chi connectivity index (χ1) is 8.52. The summed E-state index contributed by atoms with van der Waals surface area (Å²) in [5.41, 5.74) is 2.28. The second-order valence-electron chi connectivity index (χ2n) is 4.15. The van der Waals surface area contributed by atoms with Gasteiger partial charge in [-0.25, -0.2) is 4.39 Å². The van der Waals surface area contributed by atoms with Crippen LogP contribution in [-0.2, 0) is 0 Å². The maximum absolute atomic E-state index is 13.2. The summed E-state index contributed by atoms with van der Waals surface area (Å²) in [6, 6.07) is 8.00. The van der Waals surface area contributed by atoms with Crippen molar-refractivity contribution in [3.05, 3.63) is 57.1 Å². The lowest BCUT2D eigenvalue weighted by Gasteiger charge is -2.07. The summed E-state index contributed by atoms with van der Waals surface area (Å²) in [6.45, 7) is 3.46. The van der Waals surface area contributed by atoms with Crippen molar-refractivity contribution in [3.63, 3.8) is 0 Å². The molecule has 0 bridgehead atoms. The van der Waals surface area contributed by atoms with E-state index in [1.165, 1.54) is 12.1 Å². The zero-order chi connectivity index (χ0) is 13.3. The highest BCUT2D eigenvalue weighted by atomic mass is 19.1. The molecule has 0 radical (unpaired) electrons. The van der Waals surface area contributed by atoms with Crippen LogP contribution in [0.25, 0.3) is 11.3 Å². The summed E-state index contributed by atoms with van der Waals surface area (Å²) in [4.78, 5) is 14.3. The lowest BCUT2D eigenvalue weighted by Crippen LogP contribution is -2.12. The number of aromatic nitrogens is 1. The standard InChI is InChI=1S/C14H11FN2O/c1-8-5-10(3-4-12(8)15)13-9(2)6-11(7-16)14(18)17-13/h3-6H,1-2H3,(H,17,18). The molecule has 0 aliphatic rings. The van der Waals surface area contributed by atoms with Crippen LogP contribution in [0, 0.1) is 31.0 Å².